The normalized spacial score (nSPS) is 26.5. The van der Waals surface area contributed by atoms with Crippen LogP contribution in [0.3, 0.4) is 0 Å². The molecular formula is C17H29N5O2. The molecular weight excluding hydrogens is 306 g/mol. The molecule has 2 heterocycles. The summed E-state index contributed by atoms with van der Waals surface area (Å²) in [5.41, 5.74) is 0.648. The van der Waals surface area contributed by atoms with Crippen molar-refractivity contribution in [2.45, 2.75) is 45.7 Å². The molecule has 3 rings (SSSR count). The smallest absolute Gasteiger partial charge is 0.228 e. The van der Waals surface area contributed by atoms with Gasteiger partial charge >= 0.3 is 0 Å². The molecule has 2 atom stereocenters. The number of hydrogen-bond acceptors (Lipinski definition) is 5. The molecule has 1 aromatic rings. The van der Waals surface area contributed by atoms with E-state index < -0.39 is 0 Å². The Kier molecular flexibility index (Phi) is 5.20. The standard InChI is InChI=1S/C17H29N5O2/c1-12(2)14-9-22(8-13-7-18-21-20-13)10-15(14)19-16(23)17(11-24-3)5-4-6-17/h7,12,14-15H,4-6,8-11H2,1-3H3,(H,19,23)(H,18,20,21)/t14-,15+/m1/s1. The lowest BCUT2D eigenvalue weighted by Gasteiger charge is -2.40. The van der Waals surface area contributed by atoms with Crippen molar-refractivity contribution in [3.05, 3.63) is 11.9 Å². The summed E-state index contributed by atoms with van der Waals surface area (Å²) in [7, 11) is 1.68. The van der Waals surface area contributed by atoms with Crippen molar-refractivity contribution in [3.8, 4) is 0 Å². The third-order valence-electron chi connectivity index (χ3n) is 5.68. The van der Waals surface area contributed by atoms with Crippen LogP contribution in [0, 0.1) is 17.3 Å². The minimum absolute atomic E-state index is 0.175. The van der Waals surface area contributed by atoms with E-state index in [1.165, 1.54) is 0 Å². The molecule has 0 bridgehead atoms. The van der Waals surface area contributed by atoms with Crippen LogP contribution in [0.2, 0.25) is 0 Å². The van der Waals surface area contributed by atoms with Gasteiger partial charge in [-0.15, -0.1) is 0 Å². The van der Waals surface area contributed by atoms with Gasteiger partial charge in [-0.05, 0) is 24.7 Å². The first-order valence-electron chi connectivity index (χ1n) is 8.91. The van der Waals surface area contributed by atoms with Crippen LogP contribution in [-0.2, 0) is 16.1 Å². The molecule has 7 nitrogen and oxygen atoms in total. The van der Waals surface area contributed by atoms with E-state index in [2.05, 4.69) is 39.5 Å². The Labute approximate surface area is 143 Å². The van der Waals surface area contributed by atoms with Gasteiger partial charge in [-0.2, -0.15) is 15.4 Å². The predicted octanol–water partition coefficient (Wildman–Crippen LogP) is 1.19. The molecule has 2 fully saturated rings. The molecule has 134 valence electrons. The van der Waals surface area contributed by atoms with Gasteiger partial charge in [-0.1, -0.05) is 20.3 Å². The van der Waals surface area contributed by atoms with E-state index in [0.29, 0.717) is 18.4 Å². The third-order valence-corrected chi connectivity index (χ3v) is 5.68. The summed E-state index contributed by atoms with van der Waals surface area (Å²) >= 11 is 0. The van der Waals surface area contributed by atoms with E-state index in [1.54, 1.807) is 13.3 Å². The summed E-state index contributed by atoms with van der Waals surface area (Å²) in [5, 5.41) is 14.0. The number of ether oxygens (including phenoxy) is 1. The lowest BCUT2D eigenvalue weighted by molar-refractivity contribution is -0.141. The minimum atomic E-state index is -0.296. The average Bonchev–Trinajstić information content (AvgIpc) is 3.13. The molecule has 1 aliphatic heterocycles. The van der Waals surface area contributed by atoms with Crippen molar-refractivity contribution in [1.29, 1.82) is 0 Å². The highest BCUT2D eigenvalue weighted by atomic mass is 16.5. The molecule has 0 spiro atoms. The number of carbonyl (C=O) groups excluding carboxylic acids is 1. The van der Waals surface area contributed by atoms with Crippen LogP contribution in [0.4, 0.5) is 0 Å². The van der Waals surface area contributed by atoms with Gasteiger partial charge in [0.15, 0.2) is 0 Å². The fourth-order valence-corrected chi connectivity index (χ4v) is 4.04. The van der Waals surface area contributed by atoms with Crippen LogP contribution in [0.5, 0.6) is 0 Å². The first-order chi connectivity index (χ1) is 11.5. The lowest BCUT2D eigenvalue weighted by atomic mass is 9.68. The summed E-state index contributed by atoms with van der Waals surface area (Å²) in [4.78, 5) is 15.2. The zero-order chi connectivity index (χ0) is 17.2. The maximum absolute atomic E-state index is 12.8. The van der Waals surface area contributed by atoms with Gasteiger partial charge < -0.3 is 10.1 Å². The first kappa shape index (κ1) is 17.4. The number of amides is 1. The number of nitrogens with zero attached hydrogens (tertiary/aromatic N) is 3. The number of nitrogens with one attached hydrogen (secondary N) is 2. The molecule has 1 aromatic heterocycles. The van der Waals surface area contributed by atoms with Crippen LogP contribution in [-0.4, -0.2) is 59.1 Å². The number of rotatable bonds is 7. The van der Waals surface area contributed by atoms with Crippen LogP contribution in [0.15, 0.2) is 6.20 Å². The fourth-order valence-electron chi connectivity index (χ4n) is 4.04. The summed E-state index contributed by atoms with van der Waals surface area (Å²) < 4.78 is 5.31. The predicted molar refractivity (Wildman–Crippen MR) is 90.1 cm³/mol. The Morgan fingerprint density at radius 2 is 2.29 bits per heavy atom. The van der Waals surface area contributed by atoms with Crippen molar-refractivity contribution in [2.75, 3.05) is 26.8 Å². The van der Waals surface area contributed by atoms with Gasteiger partial charge in [-0.25, -0.2) is 0 Å². The number of aromatic amines is 1. The summed E-state index contributed by atoms with van der Waals surface area (Å²) in [6.07, 6.45) is 4.76. The zero-order valence-corrected chi connectivity index (χ0v) is 14.9. The zero-order valence-electron chi connectivity index (χ0n) is 14.9. The molecule has 24 heavy (non-hydrogen) atoms. The van der Waals surface area contributed by atoms with Crippen molar-refractivity contribution in [3.63, 3.8) is 0 Å². The molecule has 2 aliphatic rings. The number of hydrogen-bond donors (Lipinski definition) is 2. The van der Waals surface area contributed by atoms with Crippen molar-refractivity contribution < 1.29 is 9.53 Å². The maximum atomic E-state index is 12.8. The average molecular weight is 335 g/mol. The van der Waals surface area contributed by atoms with E-state index in [0.717, 1.165) is 44.6 Å². The van der Waals surface area contributed by atoms with Gasteiger partial charge in [0, 0.05) is 32.8 Å². The van der Waals surface area contributed by atoms with Crippen molar-refractivity contribution in [1.82, 2.24) is 25.6 Å². The number of H-pyrrole nitrogens is 1. The molecule has 0 unspecified atom stereocenters. The van der Waals surface area contributed by atoms with Crippen molar-refractivity contribution in [2.24, 2.45) is 17.3 Å². The van der Waals surface area contributed by atoms with Crippen LogP contribution < -0.4 is 5.32 Å². The third kappa shape index (κ3) is 3.47. The summed E-state index contributed by atoms with van der Waals surface area (Å²) in [6.45, 7) is 7.61. The maximum Gasteiger partial charge on any atom is 0.228 e. The van der Waals surface area contributed by atoms with Gasteiger partial charge in [0.05, 0.1) is 23.9 Å². The second kappa shape index (κ2) is 7.19. The summed E-state index contributed by atoms with van der Waals surface area (Å²) in [6, 6.07) is 0.193. The second-order valence-corrected chi connectivity index (χ2v) is 7.71. The highest BCUT2D eigenvalue weighted by Gasteiger charge is 2.46. The topological polar surface area (TPSA) is 83.1 Å². The largest absolute Gasteiger partial charge is 0.384 e. The molecule has 0 aromatic carbocycles. The molecule has 2 N–H and O–H groups in total. The highest BCUT2D eigenvalue weighted by Crippen LogP contribution is 2.41. The van der Waals surface area contributed by atoms with Gasteiger partial charge in [0.1, 0.15) is 0 Å². The van der Waals surface area contributed by atoms with E-state index in [9.17, 15) is 4.79 Å². The minimum Gasteiger partial charge on any atom is -0.384 e. The number of carbonyl (C=O) groups is 1. The number of likely N-dealkylation sites (tertiary alicyclic amines) is 1. The molecule has 1 saturated carbocycles. The van der Waals surface area contributed by atoms with E-state index in [4.69, 9.17) is 4.74 Å². The lowest BCUT2D eigenvalue weighted by Crippen LogP contribution is -2.53. The van der Waals surface area contributed by atoms with Gasteiger partial charge in [0.2, 0.25) is 5.91 Å². The van der Waals surface area contributed by atoms with Crippen molar-refractivity contribution >= 4 is 5.91 Å². The molecule has 1 saturated heterocycles. The molecule has 1 amide bonds. The fraction of sp³-hybridized carbons (Fsp3) is 0.824. The number of aromatic nitrogens is 3. The molecule has 1 aliphatic carbocycles. The Morgan fingerprint density at radius 1 is 1.50 bits per heavy atom. The highest BCUT2D eigenvalue weighted by molar-refractivity contribution is 5.84. The molecule has 7 heteroatoms. The van der Waals surface area contributed by atoms with E-state index in [-0.39, 0.29) is 17.4 Å². The van der Waals surface area contributed by atoms with E-state index >= 15 is 0 Å². The van der Waals surface area contributed by atoms with Gasteiger partial charge in [0.25, 0.3) is 0 Å². The van der Waals surface area contributed by atoms with Gasteiger partial charge in [-0.3, -0.25) is 9.69 Å². The van der Waals surface area contributed by atoms with Crippen LogP contribution in [0.1, 0.15) is 38.8 Å². The Bertz CT molecular complexity index is 541. The Balaban J connectivity index is 1.63. The molecule has 0 radical (unpaired) electrons. The SMILES string of the molecule is COCC1(C(=O)N[C@H]2CN(Cc3cn[nH]n3)C[C@@H]2C(C)C)CCC1. The number of methoxy groups -OCH3 is 1. The van der Waals surface area contributed by atoms with E-state index in [1.807, 2.05) is 0 Å². The van der Waals surface area contributed by atoms with Crippen LogP contribution in [0.25, 0.3) is 0 Å². The monoisotopic (exact) mass is 335 g/mol. The van der Waals surface area contributed by atoms with Crippen LogP contribution >= 0.6 is 0 Å². The Hall–Kier alpha value is -1.47. The summed E-state index contributed by atoms with van der Waals surface area (Å²) in [5.74, 6) is 1.16. The Morgan fingerprint density at radius 3 is 2.83 bits per heavy atom. The quantitative estimate of drug-likeness (QED) is 0.782. The second-order valence-electron chi connectivity index (χ2n) is 7.71. The first-order valence-corrected chi connectivity index (χ1v) is 8.91.